The highest BCUT2D eigenvalue weighted by molar-refractivity contribution is 6.32. The van der Waals surface area contributed by atoms with Crippen molar-refractivity contribution in [3.8, 4) is 5.75 Å². The van der Waals surface area contributed by atoms with Gasteiger partial charge >= 0.3 is 5.97 Å². The maximum Gasteiger partial charge on any atom is 0.307 e. The van der Waals surface area contributed by atoms with E-state index in [9.17, 15) is 4.79 Å². The summed E-state index contributed by atoms with van der Waals surface area (Å²) in [5.41, 5.74) is 0. The summed E-state index contributed by atoms with van der Waals surface area (Å²) in [6.07, 6.45) is -0.419. The lowest BCUT2D eigenvalue weighted by Crippen LogP contribution is -2.16. The fourth-order valence-electron chi connectivity index (χ4n) is 1.04. The van der Waals surface area contributed by atoms with Gasteiger partial charge in [0.1, 0.15) is 11.9 Å². The van der Waals surface area contributed by atoms with E-state index in [-0.39, 0.29) is 12.5 Å². The third kappa shape index (κ3) is 3.26. The quantitative estimate of drug-likeness (QED) is 0.838. The number of benzene rings is 1. The van der Waals surface area contributed by atoms with E-state index in [0.29, 0.717) is 10.8 Å². The fourth-order valence-corrected chi connectivity index (χ4v) is 1.22. The molecule has 0 aliphatic heterocycles. The summed E-state index contributed by atoms with van der Waals surface area (Å²) in [7, 11) is 0. The minimum atomic E-state index is -0.885. The van der Waals surface area contributed by atoms with Crippen molar-refractivity contribution in [2.45, 2.75) is 19.4 Å². The Bertz CT molecular complexity index is 325. The predicted octanol–water partition coefficient (Wildman–Crippen LogP) is 2.58. The molecule has 0 radical (unpaired) electrons. The van der Waals surface area contributed by atoms with Crippen molar-refractivity contribution in [3.05, 3.63) is 29.3 Å². The molecule has 14 heavy (non-hydrogen) atoms. The highest BCUT2D eigenvalue weighted by Crippen LogP contribution is 2.24. The van der Waals surface area contributed by atoms with Gasteiger partial charge < -0.3 is 9.84 Å². The van der Waals surface area contributed by atoms with Crippen LogP contribution < -0.4 is 4.74 Å². The Labute approximate surface area is 87.3 Å². The molecule has 1 aromatic rings. The molecule has 1 aromatic carbocycles. The van der Waals surface area contributed by atoms with E-state index in [1.165, 1.54) is 0 Å². The average Bonchev–Trinajstić information content (AvgIpc) is 2.07. The molecule has 0 saturated heterocycles. The summed E-state index contributed by atoms with van der Waals surface area (Å²) >= 11 is 5.83. The van der Waals surface area contributed by atoms with E-state index in [1.807, 2.05) is 0 Å². The first kappa shape index (κ1) is 10.9. The van der Waals surface area contributed by atoms with Gasteiger partial charge in [0, 0.05) is 0 Å². The standard InChI is InChI=1S/C10H11ClO3/c1-7(6-10(12)13)14-9-5-3-2-4-8(9)11/h2-5,7H,6H2,1H3,(H,12,13). The van der Waals surface area contributed by atoms with Crippen LogP contribution in [-0.2, 0) is 4.79 Å². The van der Waals surface area contributed by atoms with Crippen molar-refractivity contribution in [2.24, 2.45) is 0 Å². The first-order valence-corrected chi connectivity index (χ1v) is 4.60. The van der Waals surface area contributed by atoms with Gasteiger partial charge in [0.15, 0.2) is 0 Å². The second-order valence-electron chi connectivity index (χ2n) is 2.96. The van der Waals surface area contributed by atoms with Gasteiger partial charge in [0.25, 0.3) is 0 Å². The van der Waals surface area contributed by atoms with Crippen LogP contribution in [0.2, 0.25) is 5.02 Å². The van der Waals surface area contributed by atoms with Crippen LogP contribution in [0.3, 0.4) is 0 Å². The van der Waals surface area contributed by atoms with Gasteiger partial charge in [-0.3, -0.25) is 4.79 Å². The third-order valence-electron chi connectivity index (χ3n) is 1.63. The zero-order valence-electron chi connectivity index (χ0n) is 7.74. The van der Waals surface area contributed by atoms with Crippen LogP contribution in [0.25, 0.3) is 0 Å². The highest BCUT2D eigenvalue weighted by Gasteiger charge is 2.10. The number of ether oxygens (including phenoxy) is 1. The first-order chi connectivity index (χ1) is 6.59. The predicted molar refractivity (Wildman–Crippen MR) is 53.8 cm³/mol. The number of aliphatic carboxylic acids is 1. The van der Waals surface area contributed by atoms with E-state index in [2.05, 4.69) is 0 Å². The summed E-state index contributed by atoms with van der Waals surface area (Å²) in [6, 6.07) is 6.98. The van der Waals surface area contributed by atoms with E-state index < -0.39 is 5.97 Å². The molecule has 0 fully saturated rings. The normalized spacial score (nSPS) is 12.1. The Hall–Kier alpha value is -1.22. The molecule has 1 rings (SSSR count). The molecule has 0 bridgehead atoms. The minimum Gasteiger partial charge on any atom is -0.489 e. The van der Waals surface area contributed by atoms with Crippen LogP contribution >= 0.6 is 11.6 Å². The van der Waals surface area contributed by atoms with E-state index >= 15 is 0 Å². The SMILES string of the molecule is CC(CC(=O)O)Oc1ccccc1Cl. The Morgan fingerprint density at radius 2 is 2.21 bits per heavy atom. The van der Waals surface area contributed by atoms with Crippen LogP contribution in [0.4, 0.5) is 0 Å². The maximum atomic E-state index is 10.4. The molecule has 4 heteroatoms. The van der Waals surface area contributed by atoms with Crippen molar-refractivity contribution >= 4 is 17.6 Å². The van der Waals surface area contributed by atoms with E-state index in [4.69, 9.17) is 21.4 Å². The molecule has 0 aliphatic carbocycles. The molecule has 0 aliphatic rings. The van der Waals surface area contributed by atoms with Crippen LogP contribution in [0.15, 0.2) is 24.3 Å². The smallest absolute Gasteiger partial charge is 0.307 e. The second-order valence-corrected chi connectivity index (χ2v) is 3.36. The highest BCUT2D eigenvalue weighted by atomic mass is 35.5. The number of carbonyl (C=O) groups is 1. The van der Waals surface area contributed by atoms with Gasteiger partial charge in [-0.1, -0.05) is 23.7 Å². The molecule has 0 aromatic heterocycles. The molecule has 1 unspecified atom stereocenters. The Morgan fingerprint density at radius 3 is 2.79 bits per heavy atom. The van der Waals surface area contributed by atoms with Gasteiger partial charge in [-0.15, -0.1) is 0 Å². The van der Waals surface area contributed by atoms with Gasteiger partial charge in [0.2, 0.25) is 0 Å². The average molecular weight is 215 g/mol. The van der Waals surface area contributed by atoms with E-state index in [0.717, 1.165) is 0 Å². The van der Waals surface area contributed by atoms with Gasteiger partial charge in [0.05, 0.1) is 11.4 Å². The zero-order valence-corrected chi connectivity index (χ0v) is 8.49. The number of para-hydroxylation sites is 1. The monoisotopic (exact) mass is 214 g/mol. The van der Waals surface area contributed by atoms with Crippen molar-refractivity contribution < 1.29 is 14.6 Å². The molecule has 0 heterocycles. The van der Waals surface area contributed by atoms with E-state index in [1.54, 1.807) is 31.2 Å². The third-order valence-corrected chi connectivity index (χ3v) is 1.94. The Balaban J connectivity index is 2.60. The molecule has 0 spiro atoms. The molecular weight excluding hydrogens is 204 g/mol. The van der Waals surface area contributed by atoms with Crippen molar-refractivity contribution in [1.82, 2.24) is 0 Å². The topological polar surface area (TPSA) is 46.5 Å². The first-order valence-electron chi connectivity index (χ1n) is 4.22. The molecule has 1 atom stereocenters. The number of hydrogen-bond acceptors (Lipinski definition) is 2. The number of hydrogen-bond donors (Lipinski definition) is 1. The lowest BCUT2D eigenvalue weighted by Gasteiger charge is -2.13. The molecule has 3 nitrogen and oxygen atoms in total. The van der Waals surface area contributed by atoms with Gasteiger partial charge in [-0.25, -0.2) is 0 Å². The Kier molecular flexibility index (Phi) is 3.77. The summed E-state index contributed by atoms with van der Waals surface area (Å²) in [5, 5.41) is 9.01. The number of carboxylic acid groups (broad SMARTS) is 1. The number of rotatable bonds is 4. The summed E-state index contributed by atoms with van der Waals surface area (Å²) in [6.45, 7) is 1.69. The van der Waals surface area contributed by atoms with Crippen molar-refractivity contribution in [1.29, 1.82) is 0 Å². The second kappa shape index (κ2) is 4.86. The molecule has 76 valence electrons. The molecule has 0 amide bonds. The summed E-state index contributed by atoms with van der Waals surface area (Å²) in [4.78, 5) is 10.4. The lowest BCUT2D eigenvalue weighted by atomic mass is 10.3. The molecule has 0 saturated carbocycles. The van der Waals surface area contributed by atoms with Gasteiger partial charge in [-0.2, -0.15) is 0 Å². The van der Waals surface area contributed by atoms with Crippen LogP contribution in [-0.4, -0.2) is 17.2 Å². The maximum absolute atomic E-state index is 10.4. The molecule has 1 N–H and O–H groups in total. The summed E-state index contributed by atoms with van der Waals surface area (Å²) < 4.78 is 5.34. The minimum absolute atomic E-state index is 0.0365. The van der Waals surface area contributed by atoms with Crippen molar-refractivity contribution in [3.63, 3.8) is 0 Å². The Morgan fingerprint density at radius 1 is 1.57 bits per heavy atom. The van der Waals surface area contributed by atoms with Crippen LogP contribution in [0.5, 0.6) is 5.75 Å². The van der Waals surface area contributed by atoms with Crippen LogP contribution in [0.1, 0.15) is 13.3 Å². The number of carboxylic acids is 1. The van der Waals surface area contributed by atoms with Crippen molar-refractivity contribution in [2.75, 3.05) is 0 Å². The largest absolute Gasteiger partial charge is 0.489 e. The zero-order chi connectivity index (χ0) is 10.6. The van der Waals surface area contributed by atoms with Gasteiger partial charge in [-0.05, 0) is 19.1 Å². The lowest BCUT2D eigenvalue weighted by molar-refractivity contribution is -0.138. The molecular formula is C10H11ClO3. The fraction of sp³-hybridized carbons (Fsp3) is 0.300. The van der Waals surface area contributed by atoms with Crippen LogP contribution in [0, 0.1) is 0 Å². The number of halogens is 1. The summed E-state index contributed by atoms with van der Waals surface area (Å²) in [5.74, 6) is -0.368.